The Morgan fingerprint density at radius 1 is 1.03 bits per heavy atom. The Bertz CT molecular complexity index is 1240. The van der Waals surface area contributed by atoms with Crippen molar-refractivity contribution in [2.45, 2.75) is 88.5 Å². The van der Waals surface area contributed by atoms with Crippen LogP contribution in [0.2, 0.25) is 0 Å². The van der Waals surface area contributed by atoms with Gasteiger partial charge >= 0.3 is 0 Å². The predicted octanol–water partition coefficient (Wildman–Crippen LogP) is 9.23. The molecule has 1 aromatic heterocycles. The molecule has 1 atom stereocenters. The average Bonchev–Trinajstić information content (AvgIpc) is 2.76. The molecule has 0 aliphatic heterocycles. The van der Waals surface area contributed by atoms with Crippen molar-refractivity contribution in [3.05, 3.63) is 76.7 Å². The Hall–Kier alpha value is -2.29. The van der Waals surface area contributed by atoms with Gasteiger partial charge in [0.05, 0.1) is 0 Å². The van der Waals surface area contributed by atoms with E-state index in [1.54, 1.807) is 0 Å². The third-order valence-electron chi connectivity index (χ3n) is 6.47. The van der Waals surface area contributed by atoms with Crippen molar-refractivity contribution in [1.29, 1.82) is 0 Å². The maximum atomic E-state index is 11.5. The van der Waals surface area contributed by atoms with Crippen LogP contribution in [0.15, 0.2) is 48.4 Å². The smallest absolute Gasteiger partial charge is 0.164 e. The molecule has 0 aliphatic carbocycles. The van der Waals surface area contributed by atoms with Gasteiger partial charge in [-0.15, -0.1) is 34.9 Å². The number of nitrogens with zero attached hydrogens (tertiary/aromatic N) is 1. The van der Waals surface area contributed by atoms with Crippen molar-refractivity contribution in [2.75, 3.05) is 0 Å². The van der Waals surface area contributed by atoms with Crippen molar-refractivity contribution < 1.29 is 30.0 Å². The number of carbonyl (C=O) groups excluding carboxylic acids is 1. The van der Waals surface area contributed by atoms with Gasteiger partial charge in [-0.25, -0.2) is 0 Å². The molecular weight excluding hydrogens is 635 g/mol. The molecule has 0 bridgehead atoms. The number of hydrogen-bond donors (Lipinski definition) is 1. The van der Waals surface area contributed by atoms with Gasteiger partial charge in [-0.3, -0.25) is 4.79 Å². The summed E-state index contributed by atoms with van der Waals surface area (Å²) in [6.45, 7) is 22.1. The molecule has 0 saturated carbocycles. The maximum Gasteiger partial charge on any atom is 0.164 e. The van der Waals surface area contributed by atoms with Crippen LogP contribution < -0.4 is 0 Å². The summed E-state index contributed by atoms with van der Waals surface area (Å²) < 4.78 is 0. The topological polar surface area (TPSA) is 50.2 Å². The van der Waals surface area contributed by atoms with Gasteiger partial charge in [0.25, 0.3) is 0 Å². The molecule has 0 aliphatic rings. The summed E-state index contributed by atoms with van der Waals surface area (Å²) in [6, 6.07) is 14.5. The van der Waals surface area contributed by atoms with E-state index in [9.17, 15) is 9.90 Å². The van der Waals surface area contributed by atoms with Gasteiger partial charge in [0.15, 0.2) is 5.78 Å². The van der Waals surface area contributed by atoms with Gasteiger partial charge in [-0.2, -0.15) is 0 Å². The van der Waals surface area contributed by atoms with Crippen molar-refractivity contribution in [3.63, 3.8) is 0 Å². The quantitative estimate of drug-likeness (QED) is 0.170. The number of aliphatic hydroxyl groups is 1. The summed E-state index contributed by atoms with van der Waals surface area (Å²) in [7, 11) is 0. The molecule has 0 fully saturated rings. The average molecular weight is 679 g/mol. The number of aryl methyl sites for hydroxylation is 3. The monoisotopic (exact) mass is 679 g/mol. The van der Waals surface area contributed by atoms with Crippen LogP contribution in [0, 0.1) is 37.7 Å². The maximum absolute atomic E-state index is 11.5. The summed E-state index contributed by atoms with van der Waals surface area (Å²) in [6.07, 6.45) is 4.41. The van der Waals surface area contributed by atoms with Crippen LogP contribution in [0.5, 0.6) is 0 Å². The zero-order chi connectivity index (χ0) is 27.4. The van der Waals surface area contributed by atoms with E-state index in [-0.39, 0.29) is 37.1 Å². The van der Waals surface area contributed by atoms with Crippen LogP contribution in [-0.2, 0) is 24.9 Å². The number of aliphatic hydroxyl groups excluding tert-OH is 1. The number of fused-ring (bicyclic) bond motifs is 1. The number of carbonyl (C=O) groups is 1. The molecule has 0 amide bonds. The van der Waals surface area contributed by atoms with Crippen LogP contribution in [0.25, 0.3) is 22.0 Å². The molecule has 2 aromatic carbocycles. The van der Waals surface area contributed by atoms with E-state index in [1.165, 1.54) is 33.5 Å². The Kier molecular flexibility index (Phi) is 11.5. The minimum absolute atomic E-state index is 0. The van der Waals surface area contributed by atoms with E-state index in [0.717, 1.165) is 23.2 Å². The van der Waals surface area contributed by atoms with Crippen LogP contribution in [-0.4, -0.2) is 15.9 Å². The molecule has 0 spiro atoms. The molecular formula is C33H44IrNO2-. The first kappa shape index (κ1) is 32.7. The fourth-order valence-electron chi connectivity index (χ4n) is 3.89. The Morgan fingerprint density at radius 2 is 1.65 bits per heavy atom. The minimum atomic E-state index is -0.417. The minimum Gasteiger partial charge on any atom is -0.512 e. The Morgan fingerprint density at radius 3 is 2.16 bits per heavy atom. The van der Waals surface area contributed by atoms with E-state index < -0.39 is 5.41 Å². The van der Waals surface area contributed by atoms with Gasteiger partial charge in [0.2, 0.25) is 0 Å². The SMILES string of the molecule is CC(C)(C)C(=O)/C=C(\O)C(C)(C)C.CCC(C)c1cc2ccnc(-c3[c-]c(C)cc(C)c3)c2cc1C.[Ir]. The molecule has 1 radical (unpaired) electrons. The summed E-state index contributed by atoms with van der Waals surface area (Å²) in [5.74, 6) is 0.691. The zero-order valence-corrected chi connectivity index (χ0v) is 26.9. The van der Waals surface area contributed by atoms with Crippen molar-refractivity contribution in [2.24, 2.45) is 10.8 Å². The molecule has 4 heteroatoms. The van der Waals surface area contributed by atoms with Crippen molar-refractivity contribution in [3.8, 4) is 11.3 Å². The first-order chi connectivity index (χ1) is 16.5. The molecule has 3 rings (SSSR count). The molecule has 0 saturated heterocycles. The van der Waals surface area contributed by atoms with Gasteiger partial charge in [-0.1, -0.05) is 81.4 Å². The molecule has 203 valence electrons. The van der Waals surface area contributed by atoms with Crippen LogP contribution in [0.4, 0.5) is 0 Å². The molecule has 1 N–H and O–H groups in total. The first-order valence-corrected chi connectivity index (χ1v) is 12.9. The summed E-state index contributed by atoms with van der Waals surface area (Å²) >= 11 is 0. The normalized spacial score (nSPS) is 12.9. The molecule has 1 heterocycles. The zero-order valence-electron chi connectivity index (χ0n) is 24.5. The van der Waals surface area contributed by atoms with Gasteiger partial charge < -0.3 is 10.1 Å². The number of pyridine rings is 1. The van der Waals surface area contributed by atoms with Crippen LogP contribution >= 0.6 is 0 Å². The molecule has 3 aromatic rings. The fourth-order valence-corrected chi connectivity index (χ4v) is 3.89. The second-order valence-electron chi connectivity index (χ2n) is 12.0. The number of rotatable bonds is 4. The largest absolute Gasteiger partial charge is 0.512 e. The van der Waals surface area contributed by atoms with E-state index in [1.807, 2.05) is 47.7 Å². The van der Waals surface area contributed by atoms with Crippen LogP contribution in [0.3, 0.4) is 0 Å². The summed E-state index contributed by atoms with van der Waals surface area (Å²) in [4.78, 5) is 16.1. The third kappa shape index (κ3) is 8.90. The fraction of sp³-hybridized carbons (Fsp3) is 0.455. The Labute approximate surface area is 238 Å². The number of allylic oxidation sites excluding steroid dienone is 2. The van der Waals surface area contributed by atoms with Crippen LogP contribution in [0.1, 0.15) is 90.0 Å². The number of benzene rings is 2. The predicted molar refractivity (Wildman–Crippen MR) is 154 cm³/mol. The van der Waals surface area contributed by atoms with E-state index in [2.05, 4.69) is 76.0 Å². The molecule has 37 heavy (non-hydrogen) atoms. The number of ketones is 1. The summed E-state index contributed by atoms with van der Waals surface area (Å²) in [5.41, 5.74) is 6.57. The van der Waals surface area contributed by atoms with E-state index >= 15 is 0 Å². The molecule has 1 unspecified atom stereocenters. The van der Waals surface area contributed by atoms with Crippen molar-refractivity contribution in [1.82, 2.24) is 4.98 Å². The Balaban J connectivity index is 0.000000423. The van der Waals surface area contributed by atoms with Gasteiger partial charge in [0.1, 0.15) is 5.76 Å². The standard InChI is InChI=1S/C22H24N.C11H20O2.Ir/c1-6-16(4)20-13-18-7-8-23-22(21(18)12-17(20)5)19-10-14(2)9-15(3)11-19;1-10(2,3)8(12)7-9(13)11(4,5)6;/h7-10,12-13,16H,6H2,1-5H3;7,12H,1-6H3;/q-1;;/b;8-7-;. The van der Waals surface area contributed by atoms with E-state index in [4.69, 9.17) is 0 Å². The third-order valence-corrected chi connectivity index (χ3v) is 6.47. The van der Waals surface area contributed by atoms with E-state index in [0.29, 0.717) is 5.92 Å². The number of hydrogen-bond acceptors (Lipinski definition) is 3. The first-order valence-electron chi connectivity index (χ1n) is 12.9. The van der Waals surface area contributed by atoms with Gasteiger partial charge in [0, 0.05) is 43.2 Å². The van der Waals surface area contributed by atoms with Crippen molar-refractivity contribution >= 4 is 16.6 Å². The molecule has 3 nitrogen and oxygen atoms in total. The second kappa shape index (κ2) is 13.0. The van der Waals surface area contributed by atoms with Gasteiger partial charge in [-0.05, 0) is 52.9 Å². The second-order valence-corrected chi connectivity index (χ2v) is 12.0. The number of aromatic nitrogens is 1. The summed E-state index contributed by atoms with van der Waals surface area (Å²) in [5, 5.41) is 12.0.